The Bertz CT molecular complexity index is 903. The molecule has 6 nitrogen and oxygen atoms in total. The maximum Gasteiger partial charge on any atom is 0.211 e. The molecule has 0 bridgehead atoms. The third kappa shape index (κ3) is 2.65. The molecule has 0 aromatic rings. The van der Waals surface area contributed by atoms with Crippen LogP contribution in [0, 0.1) is 28.6 Å². The first-order chi connectivity index (χ1) is 15.7. The van der Waals surface area contributed by atoms with Crippen LogP contribution >= 0.6 is 0 Å². The van der Waals surface area contributed by atoms with Gasteiger partial charge in [-0.25, -0.2) is 0 Å². The van der Waals surface area contributed by atoms with Crippen LogP contribution in [0.5, 0.6) is 0 Å². The summed E-state index contributed by atoms with van der Waals surface area (Å²) in [5, 5.41) is 9.95. The summed E-state index contributed by atoms with van der Waals surface area (Å²) in [6.07, 6.45) is 8.57. The summed E-state index contributed by atoms with van der Waals surface area (Å²) in [5.41, 5.74) is -1.04. The van der Waals surface area contributed by atoms with Crippen molar-refractivity contribution in [2.24, 2.45) is 28.6 Å². The van der Waals surface area contributed by atoms with E-state index in [0.29, 0.717) is 19.3 Å². The van der Waals surface area contributed by atoms with Gasteiger partial charge in [-0.15, -0.1) is 0 Å². The number of hydrogen-bond acceptors (Lipinski definition) is 6. The van der Waals surface area contributed by atoms with Crippen LogP contribution in [-0.4, -0.2) is 55.4 Å². The van der Waals surface area contributed by atoms with E-state index in [-0.39, 0.29) is 41.3 Å². The van der Waals surface area contributed by atoms with E-state index in [1.807, 2.05) is 6.08 Å². The molecule has 1 aliphatic heterocycles. The van der Waals surface area contributed by atoms with Gasteiger partial charge < -0.3 is 19.7 Å². The summed E-state index contributed by atoms with van der Waals surface area (Å²) in [6, 6.07) is 0. The van der Waals surface area contributed by atoms with Crippen LogP contribution in [0.2, 0.25) is 0 Å². The Morgan fingerprint density at radius 2 is 2.23 bits per heavy atom. The minimum Gasteiger partial charge on any atom is -0.393 e. The average Bonchev–Trinajstić information content (AvgIpc) is 3.26. The zero-order chi connectivity index (χ0) is 23.6. The van der Waals surface area contributed by atoms with E-state index < -0.39 is 29.5 Å². The van der Waals surface area contributed by atoms with Crippen molar-refractivity contribution in [2.45, 2.75) is 83.4 Å². The average molecular weight is 433 g/mol. The molecule has 5 rings (SSSR count). The molecule has 31 heavy (non-hydrogen) atoms. The van der Waals surface area contributed by atoms with E-state index in [9.17, 15) is 9.59 Å². The summed E-state index contributed by atoms with van der Waals surface area (Å²) in [6.45, 7) is 5.95. The van der Waals surface area contributed by atoms with E-state index in [0.717, 1.165) is 24.8 Å². The fraction of sp³-hybridized carbons (Fsp3) is 0.760. The molecule has 4 fully saturated rings. The lowest BCUT2D eigenvalue weighted by molar-refractivity contribution is -0.200. The highest BCUT2D eigenvalue weighted by Crippen LogP contribution is 2.69. The van der Waals surface area contributed by atoms with Gasteiger partial charge in [-0.05, 0) is 56.1 Å². The molecule has 1 saturated heterocycles. The standard InChI is InChI=1S/C25H34O6/c1-4-5-21-30-20-11-17-16-7-6-14-10-15(27)8-9-23(14,2)22(16)18(28)12-24(17,3)25(20,31-21)19(29)13-26/h8-10,16-18,20-22,26,28H,4-7,11-13H2,1-3H3/t16-,17-,18-,20+,21?,22+,23-,24-,25+/m0/s1/i26D,28D. The van der Waals surface area contributed by atoms with Gasteiger partial charge in [0.05, 0.1) is 12.2 Å². The number of ketones is 2. The van der Waals surface area contributed by atoms with E-state index in [1.54, 1.807) is 12.2 Å². The number of carbonyl (C=O) groups excluding carboxylic acids is 2. The van der Waals surface area contributed by atoms with Crippen LogP contribution in [0.3, 0.4) is 0 Å². The molecule has 5 aliphatic rings. The first-order valence-electron chi connectivity index (χ1n) is 12.6. The topological polar surface area (TPSA) is 93.1 Å². The zero-order valence-electron chi connectivity index (χ0n) is 20.6. The van der Waals surface area contributed by atoms with Gasteiger partial charge in [0.1, 0.15) is 6.61 Å². The van der Waals surface area contributed by atoms with E-state index in [4.69, 9.17) is 17.4 Å². The Labute approximate surface area is 186 Å². The Balaban J connectivity index is 1.57. The Morgan fingerprint density at radius 3 is 2.97 bits per heavy atom. The predicted molar refractivity (Wildman–Crippen MR) is 113 cm³/mol. The summed E-state index contributed by atoms with van der Waals surface area (Å²) >= 11 is 0. The summed E-state index contributed by atoms with van der Waals surface area (Å²) in [7, 11) is 0. The second-order valence-corrected chi connectivity index (χ2v) is 10.7. The molecule has 6 heteroatoms. The Hall–Kier alpha value is -1.34. The molecule has 1 unspecified atom stereocenters. The maximum absolute atomic E-state index is 13.5. The van der Waals surface area contributed by atoms with Gasteiger partial charge in [0, 0.05) is 16.7 Å². The van der Waals surface area contributed by atoms with Gasteiger partial charge in [-0.2, -0.15) is 0 Å². The third-order valence-electron chi connectivity index (χ3n) is 9.34. The lowest BCUT2D eigenvalue weighted by atomic mass is 9.46. The van der Waals surface area contributed by atoms with E-state index in [2.05, 4.69) is 25.9 Å². The SMILES string of the molecule is [2H]OCC(=O)[C@@]12OC(CCC)O[C@@H]1C[C@H]1[C@@H]3CCC4=CC(=O)C=C[C@]4(C)[C@H]3[C@@H](O[2H])C[C@@]12C. The van der Waals surface area contributed by atoms with Gasteiger partial charge >= 0.3 is 0 Å². The number of fused-ring (bicyclic) bond motifs is 7. The van der Waals surface area contributed by atoms with Crippen molar-refractivity contribution >= 4 is 11.6 Å². The number of aliphatic hydroxyl groups is 2. The highest BCUT2D eigenvalue weighted by atomic mass is 16.7. The molecule has 1 heterocycles. The largest absolute Gasteiger partial charge is 0.393 e. The van der Waals surface area contributed by atoms with Crippen LogP contribution in [0.1, 0.15) is 59.3 Å². The number of ether oxygens (including phenoxy) is 2. The third-order valence-corrected chi connectivity index (χ3v) is 9.34. The summed E-state index contributed by atoms with van der Waals surface area (Å²) < 4.78 is 28.1. The summed E-state index contributed by atoms with van der Waals surface area (Å²) in [4.78, 5) is 25.6. The smallest absolute Gasteiger partial charge is 0.211 e. The number of carbonyl (C=O) groups is 2. The predicted octanol–water partition coefficient (Wildman–Crippen LogP) is 2.72. The van der Waals surface area contributed by atoms with Crippen molar-refractivity contribution in [3.05, 3.63) is 23.8 Å². The minimum atomic E-state index is -1.20. The zero-order valence-corrected chi connectivity index (χ0v) is 18.6. The van der Waals surface area contributed by atoms with Crippen LogP contribution in [0.15, 0.2) is 23.8 Å². The number of rotatable bonds is 6. The highest BCUT2D eigenvalue weighted by Gasteiger charge is 2.75. The minimum absolute atomic E-state index is 0.0176. The molecular formula is C25H34O6. The van der Waals surface area contributed by atoms with Crippen molar-refractivity contribution < 1.29 is 29.3 Å². The molecule has 0 aromatic heterocycles. The van der Waals surface area contributed by atoms with Crippen molar-refractivity contribution in [2.75, 3.05) is 6.61 Å². The molecular weight excluding hydrogens is 396 g/mol. The van der Waals surface area contributed by atoms with Crippen LogP contribution in [0.4, 0.5) is 0 Å². The molecule has 170 valence electrons. The van der Waals surface area contributed by atoms with Crippen LogP contribution < -0.4 is 0 Å². The molecule has 0 amide bonds. The normalized spacial score (nSPS) is 51.2. The fourth-order valence-corrected chi connectivity index (χ4v) is 8.07. The quantitative estimate of drug-likeness (QED) is 0.670. The Kier molecular flexibility index (Phi) is 4.37. The molecule has 0 aromatic carbocycles. The van der Waals surface area contributed by atoms with Crippen molar-refractivity contribution in [3.8, 4) is 0 Å². The van der Waals surface area contributed by atoms with Crippen molar-refractivity contribution in [1.29, 1.82) is 2.86 Å². The van der Waals surface area contributed by atoms with Crippen molar-refractivity contribution in [3.63, 3.8) is 0 Å². The van der Waals surface area contributed by atoms with Crippen LogP contribution in [-0.2, 0) is 19.1 Å². The maximum atomic E-state index is 13.5. The van der Waals surface area contributed by atoms with Crippen molar-refractivity contribution in [1.82, 2.24) is 0 Å². The fourth-order valence-electron chi connectivity index (χ4n) is 8.07. The molecule has 3 saturated carbocycles. The van der Waals surface area contributed by atoms with Gasteiger partial charge in [0.25, 0.3) is 0 Å². The lowest BCUT2D eigenvalue weighted by Crippen LogP contribution is -2.63. The van der Waals surface area contributed by atoms with Gasteiger partial charge in [0.2, 0.25) is 2.86 Å². The highest BCUT2D eigenvalue weighted by molar-refractivity contribution is 6.01. The molecule has 0 spiro atoms. The lowest BCUT2D eigenvalue weighted by Gasteiger charge is -2.59. The number of allylic oxidation sites excluding steroid dienone is 4. The molecule has 4 aliphatic carbocycles. The molecule has 9 atom stereocenters. The first kappa shape index (κ1) is 19.2. The second-order valence-electron chi connectivity index (χ2n) is 10.7. The number of aliphatic hydroxyl groups excluding tert-OH is 2. The summed E-state index contributed by atoms with van der Waals surface area (Å²) in [5.74, 6) is 0.133. The number of hydrogen-bond donors (Lipinski definition) is 2. The second kappa shape index (κ2) is 7.08. The first-order valence-corrected chi connectivity index (χ1v) is 11.8. The molecule has 2 N–H and O–H groups in total. The van der Waals surface area contributed by atoms with Gasteiger partial charge in [-0.3, -0.25) is 9.59 Å². The van der Waals surface area contributed by atoms with E-state index in [1.165, 1.54) is 0 Å². The van der Waals surface area contributed by atoms with Gasteiger partial charge in [0.15, 0.2) is 23.5 Å². The van der Waals surface area contributed by atoms with Gasteiger partial charge in [-0.1, -0.05) is 38.8 Å². The molecule has 0 radical (unpaired) electrons. The monoisotopic (exact) mass is 432 g/mol. The Morgan fingerprint density at radius 1 is 1.39 bits per heavy atom. The number of Topliss-reactive ketones (excluding diaryl/α,β-unsaturated/α-hetero) is 1. The van der Waals surface area contributed by atoms with Crippen LogP contribution in [0.25, 0.3) is 0 Å². The van der Waals surface area contributed by atoms with E-state index >= 15 is 0 Å².